The van der Waals surface area contributed by atoms with E-state index in [0.29, 0.717) is 6.04 Å². The molecule has 0 saturated carbocycles. The van der Waals surface area contributed by atoms with Gasteiger partial charge in [0.2, 0.25) is 0 Å². The number of aryl methyl sites for hydroxylation is 1. The van der Waals surface area contributed by atoms with Gasteiger partial charge in [-0.1, -0.05) is 41.4 Å². The van der Waals surface area contributed by atoms with Crippen molar-refractivity contribution in [3.8, 4) is 0 Å². The zero-order valence-electron chi connectivity index (χ0n) is 11.5. The summed E-state index contributed by atoms with van der Waals surface area (Å²) >= 11 is 8.07. The molecule has 1 heterocycles. The Kier molecular flexibility index (Phi) is 4.35. The minimum absolute atomic E-state index is 0.409. The van der Waals surface area contributed by atoms with E-state index in [1.807, 2.05) is 17.8 Å². The van der Waals surface area contributed by atoms with Gasteiger partial charge in [0.25, 0.3) is 0 Å². The summed E-state index contributed by atoms with van der Waals surface area (Å²) in [6.45, 7) is 3.02. The second-order valence-corrected chi connectivity index (χ2v) is 6.81. The van der Waals surface area contributed by atoms with E-state index in [4.69, 9.17) is 11.6 Å². The lowest BCUT2D eigenvalue weighted by Gasteiger charge is -2.26. The fraction of sp³-hybridized carbons (Fsp3) is 0.294. The molecule has 1 nitrogen and oxygen atoms in total. The summed E-state index contributed by atoms with van der Waals surface area (Å²) in [5.74, 6) is 1.17. The van der Waals surface area contributed by atoms with Gasteiger partial charge in [0.1, 0.15) is 0 Å². The van der Waals surface area contributed by atoms with Crippen molar-refractivity contribution in [3.05, 3.63) is 64.2 Å². The molecule has 2 aromatic rings. The average molecular weight is 304 g/mol. The number of benzene rings is 2. The molecule has 2 aromatic carbocycles. The van der Waals surface area contributed by atoms with Gasteiger partial charge in [-0.15, -0.1) is 11.8 Å². The van der Waals surface area contributed by atoms with Crippen LogP contribution in [0.3, 0.4) is 0 Å². The van der Waals surface area contributed by atoms with E-state index in [9.17, 15) is 0 Å². The average Bonchev–Trinajstić information content (AvgIpc) is 2.47. The van der Waals surface area contributed by atoms with Crippen molar-refractivity contribution in [2.24, 2.45) is 0 Å². The van der Waals surface area contributed by atoms with Crippen LogP contribution in [0.25, 0.3) is 0 Å². The molecular weight excluding hydrogens is 286 g/mol. The Morgan fingerprint density at radius 3 is 2.80 bits per heavy atom. The maximum Gasteiger partial charge on any atom is 0.0410 e. The first-order valence-corrected chi connectivity index (χ1v) is 8.30. The fourth-order valence-corrected chi connectivity index (χ4v) is 3.81. The predicted octanol–water partition coefficient (Wildman–Crippen LogP) is 4.98. The van der Waals surface area contributed by atoms with Crippen LogP contribution in [0.4, 0.5) is 0 Å². The summed E-state index contributed by atoms with van der Waals surface area (Å²) in [7, 11) is 0. The molecule has 20 heavy (non-hydrogen) atoms. The number of halogens is 1. The molecule has 0 aliphatic carbocycles. The summed E-state index contributed by atoms with van der Waals surface area (Å²) in [5, 5.41) is 4.50. The molecule has 0 saturated heterocycles. The van der Waals surface area contributed by atoms with E-state index in [2.05, 4.69) is 48.6 Å². The van der Waals surface area contributed by atoms with E-state index >= 15 is 0 Å². The van der Waals surface area contributed by atoms with Gasteiger partial charge in [0, 0.05) is 22.5 Å². The van der Waals surface area contributed by atoms with Gasteiger partial charge in [-0.3, -0.25) is 0 Å². The summed E-state index contributed by atoms with van der Waals surface area (Å²) in [5.41, 5.74) is 3.98. The SMILES string of the molecule is Cc1ccc(CNC2CCSc3ccc(Cl)cc32)cc1. The van der Waals surface area contributed by atoms with Crippen LogP contribution in [0.5, 0.6) is 0 Å². The van der Waals surface area contributed by atoms with Crippen LogP contribution >= 0.6 is 23.4 Å². The number of rotatable bonds is 3. The molecule has 3 rings (SSSR count). The zero-order valence-corrected chi connectivity index (χ0v) is 13.1. The topological polar surface area (TPSA) is 12.0 Å². The molecule has 0 bridgehead atoms. The van der Waals surface area contributed by atoms with Crippen LogP contribution in [-0.2, 0) is 6.54 Å². The number of hydrogen-bond acceptors (Lipinski definition) is 2. The molecule has 3 heteroatoms. The van der Waals surface area contributed by atoms with Crippen molar-refractivity contribution < 1.29 is 0 Å². The highest BCUT2D eigenvalue weighted by Gasteiger charge is 2.20. The van der Waals surface area contributed by atoms with Crippen molar-refractivity contribution in [2.45, 2.75) is 30.8 Å². The monoisotopic (exact) mass is 303 g/mol. The Bertz CT molecular complexity index is 594. The highest BCUT2D eigenvalue weighted by molar-refractivity contribution is 7.99. The van der Waals surface area contributed by atoms with Crippen molar-refractivity contribution >= 4 is 23.4 Å². The van der Waals surface area contributed by atoms with Gasteiger partial charge in [-0.2, -0.15) is 0 Å². The second kappa shape index (κ2) is 6.21. The second-order valence-electron chi connectivity index (χ2n) is 5.24. The maximum atomic E-state index is 6.14. The van der Waals surface area contributed by atoms with Crippen LogP contribution < -0.4 is 5.32 Å². The van der Waals surface area contributed by atoms with Gasteiger partial charge in [0.15, 0.2) is 0 Å². The van der Waals surface area contributed by atoms with Gasteiger partial charge >= 0.3 is 0 Å². The first-order valence-electron chi connectivity index (χ1n) is 6.93. The smallest absolute Gasteiger partial charge is 0.0410 e. The molecule has 1 unspecified atom stereocenters. The number of hydrogen-bond donors (Lipinski definition) is 1. The molecule has 1 N–H and O–H groups in total. The van der Waals surface area contributed by atoms with Crippen LogP contribution in [0.2, 0.25) is 5.02 Å². The van der Waals surface area contributed by atoms with Crippen LogP contribution in [-0.4, -0.2) is 5.75 Å². The lowest BCUT2D eigenvalue weighted by atomic mass is 10.0. The van der Waals surface area contributed by atoms with Crippen molar-refractivity contribution in [1.82, 2.24) is 5.32 Å². The molecule has 0 amide bonds. The first-order chi connectivity index (χ1) is 9.72. The molecule has 1 aliphatic heterocycles. The molecule has 1 atom stereocenters. The predicted molar refractivity (Wildman–Crippen MR) is 87.6 cm³/mol. The normalized spacial score (nSPS) is 17.8. The van der Waals surface area contributed by atoms with E-state index < -0.39 is 0 Å². The van der Waals surface area contributed by atoms with Crippen LogP contribution in [0, 0.1) is 6.92 Å². The molecule has 0 radical (unpaired) electrons. The Labute approximate surface area is 129 Å². The largest absolute Gasteiger partial charge is 0.306 e. The molecule has 0 fully saturated rings. The molecule has 1 aliphatic rings. The van der Waals surface area contributed by atoms with E-state index in [0.717, 1.165) is 18.0 Å². The number of nitrogens with one attached hydrogen (secondary N) is 1. The van der Waals surface area contributed by atoms with Gasteiger partial charge in [-0.25, -0.2) is 0 Å². The Balaban J connectivity index is 1.73. The molecular formula is C17H18ClNS. The Morgan fingerprint density at radius 1 is 1.20 bits per heavy atom. The summed E-state index contributed by atoms with van der Waals surface area (Å²) in [4.78, 5) is 1.36. The first kappa shape index (κ1) is 14.0. The van der Waals surface area contributed by atoms with Gasteiger partial charge < -0.3 is 5.32 Å². The highest BCUT2D eigenvalue weighted by atomic mass is 35.5. The lowest BCUT2D eigenvalue weighted by molar-refractivity contribution is 0.510. The van der Waals surface area contributed by atoms with Crippen LogP contribution in [0.1, 0.15) is 29.2 Å². The standard InChI is InChI=1S/C17H18ClNS/c1-12-2-4-13(5-3-12)11-19-16-8-9-20-17-7-6-14(18)10-15(16)17/h2-7,10,16,19H,8-9,11H2,1H3. The third kappa shape index (κ3) is 3.20. The van der Waals surface area contributed by atoms with E-state index in [-0.39, 0.29) is 0 Å². The maximum absolute atomic E-state index is 6.14. The highest BCUT2D eigenvalue weighted by Crippen LogP contribution is 2.37. The van der Waals surface area contributed by atoms with Crippen molar-refractivity contribution in [3.63, 3.8) is 0 Å². The minimum Gasteiger partial charge on any atom is -0.306 e. The summed E-state index contributed by atoms with van der Waals surface area (Å²) in [6.07, 6.45) is 1.16. The molecule has 104 valence electrons. The van der Waals surface area contributed by atoms with E-state index in [1.165, 1.54) is 27.3 Å². The minimum atomic E-state index is 0.409. The Hall–Kier alpha value is -0.960. The number of fused-ring (bicyclic) bond motifs is 1. The van der Waals surface area contributed by atoms with E-state index in [1.54, 1.807) is 0 Å². The van der Waals surface area contributed by atoms with Gasteiger partial charge in [-0.05, 0) is 48.4 Å². The molecule has 0 aromatic heterocycles. The zero-order chi connectivity index (χ0) is 13.9. The number of thioether (sulfide) groups is 1. The van der Waals surface area contributed by atoms with Gasteiger partial charge in [0.05, 0.1) is 0 Å². The molecule has 0 spiro atoms. The van der Waals surface area contributed by atoms with Crippen molar-refractivity contribution in [2.75, 3.05) is 5.75 Å². The fourth-order valence-electron chi connectivity index (χ4n) is 2.52. The lowest BCUT2D eigenvalue weighted by Crippen LogP contribution is -2.24. The summed E-state index contributed by atoms with van der Waals surface area (Å²) in [6, 6.07) is 15.4. The third-order valence-electron chi connectivity index (χ3n) is 3.68. The summed E-state index contributed by atoms with van der Waals surface area (Å²) < 4.78 is 0. The third-order valence-corrected chi connectivity index (χ3v) is 5.04. The van der Waals surface area contributed by atoms with Crippen molar-refractivity contribution in [1.29, 1.82) is 0 Å². The quantitative estimate of drug-likeness (QED) is 0.858. The van der Waals surface area contributed by atoms with Crippen LogP contribution in [0.15, 0.2) is 47.4 Å². The Morgan fingerprint density at radius 2 is 2.00 bits per heavy atom.